The van der Waals surface area contributed by atoms with Crippen molar-refractivity contribution in [2.45, 2.75) is 65.6 Å². The van der Waals surface area contributed by atoms with Crippen molar-refractivity contribution >= 4 is 0 Å². The van der Waals surface area contributed by atoms with Gasteiger partial charge in [0.05, 0.1) is 12.7 Å². The van der Waals surface area contributed by atoms with Crippen LogP contribution in [0.25, 0.3) is 0 Å². The van der Waals surface area contributed by atoms with E-state index in [1.54, 1.807) is 0 Å². The first-order chi connectivity index (χ1) is 11.0. The number of hydrogen-bond acceptors (Lipinski definition) is 4. The van der Waals surface area contributed by atoms with Gasteiger partial charge in [-0.15, -0.1) is 0 Å². The van der Waals surface area contributed by atoms with E-state index in [4.69, 9.17) is 4.74 Å². The van der Waals surface area contributed by atoms with Crippen molar-refractivity contribution in [1.82, 2.24) is 14.7 Å². The van der Waals surface area contributed by atoms with Gasteiger partial charge in [0, 0.05) is 51.4 Å². The molecule has 136 valence electrons. The molecule has 2 fully saturated rings. The van der Waals surface area contributed by atoms with Gasteiger partial charge >= 0.3 is 0 Å². The molecule has 0 N–H and O–H groups in total. The first-order valence-electron chi connectivity index (χ1n) is 9.79. The third kappa shape index (κ3) is 6.00. The molecular weight excluding hydrogens is 286 g/mol. The van der Waals surface area contributed by atoms with Gasteiger partial charge in [0.15, 0.2) is 0 Å². The molecule has 0 saturated carbocycles. The van der Waals surface area contributed by atoms with Crippen molar-refractivity contribution in [3.05, 3.63) is 0 Å². The maximum Gasteiger partial charge on any atom is 0.0725 e. The first kappa shape index (κ1) is 19.2. The smallest absolute Gasteiger partial charge is 0.0725 e. The van der Waals surface area contributed by atoms with E-state index in [9.17, 15) is 0 Å². The van der Waals surface area contributed by atoms with Crippen LogP contribution in [-0.4, -0.2) is 85.3 Å². The predicted molar refractivity (Wildman–Crippen MR) is 98.0 cm³/mol. The van der Waals surface area contributed by atoms with Crippen molar-refractivity contribution in [3.8, 4) is 0 Å². The van der Waals surface area contributed by atoms with Gasteiger partial charge in [-0.2, -0.15) is 0 Å². The van der Waals surface area contributed by atoms with Crippen LogP contribution in [0.2, 0.25) is 0 Å². The minimum atomic E-state index is 0.435. The quantitative estimate of drug-likeness (QED) is 0.716. The second-order valence-corrected chi connectivity index (χ2v) is 8.11. The molecule has 0 aromatic rings. The zero-order valence-electron chi connectivity index (χ0n) is 16.1. The number of morpholine rings is 1. The van der Waals surface area contributed by atoms with Crippen LogP contribution in [0.3, 0.4) is 0 Å². The van der Waals surface area contributed by atoms with Gasteiger partial charge in [-0.25, -0.2) is 0 Å². The molecule has 23 heavy (non-hydrogen) atoms. The average Bonchev–Trinajstić information content (AvgIpc) is 2.55. The molecule has 0 radical (unpaired) electrons. The topological polar surface area (TPSA) is 19.0 Å². The maximum absolute atomic E-state index is 5.87. The van der Waals surface area contributed by atoms with Gasteiger partial charge < -0.3 is 4.74 Å². The van der Waals surface area contributed by atoms with Gasteiger partial charge in [-0.3, -0.25) is 14.7 Å². The van der Waals surface area contributed by atoms with E-state index in [2.05, 4.69) is 49.3 Å². The molecule has 4 nitrogen and oxygen atoms in total. The summed E-state index contributed by atoms with van der Waals surface area (Å²) in [6.45, 7) is 20.9. The highest BCUT2D eigenvalue weighted by Crippen LogP contribution is 2.16. The fraction of sp³-hybridized carbons (Fsp3) is 1.00. The lowest BCUT2D eigenvalue weighted by Gasteiger charge is -2.40. The van der Waals surface area contributed by atoms with Crippen LogP contribution in [0.15, 0.2) is 0 Å². The van der Waals surface area contributed by atoms with Crippen LogP contribution in [0.5, 0.6) is 0 Å². The lowest BCUT2D eigenvalue weighted by molar-refractivity contribution is -0.0510. The van der Waals surface area contributed by atoms with Gasteiger partial charge in [-0.1, -0.05) is 13.8 Å². The highest BCUT2D eigenvalue weighted by molar-refractivity contribution is 4.79. The Morgan fingerprint density at radius 2 is 1.57 bits per heavy atom. The van der Waals surface area contributed by atoms with Crippen molar-refractivity contribution < 1.29 is 4.74 Å². The molecule has 0 amide bonds. The number of hydrogen-bond donors (Lipinski definition) is 0. The maximum atomic E-state index is 5.87. The van der Waals surface area contributed by atoms with E-state index < -0.39 is 0 Å². The Morgan fingerprint density at radius 3 is 2.17 bits per heavy atom. The van der Waals surface area contributed by atoms with E-state index >= 15 is 0 Å². The minimum Gasteiger partial charge on any atom is -0.375 e. The van der Waals surface area contributed by atoms with Gasteiger partial charge in [0.1, 0.15) is 0 Å². The van der Waals surface area contributed by atoms with Crippen LogP contribution in [0.4, 0.5) is 0 Å². The van der Waals surface area contributed by atoms with Crippen LogP contribution < -0.4 is 0 Å². The normalized spacial score (nSPS) is 27.0. The van der Waals surface area contributed by atoms with Gasteiger partial charge in [0.25, 0.3) is 0 Å². The Kier molecular flexibility index (Phi) is 7.80. The van der Waals surface area contributed by atoms with Crippen molar-refractivity contribution in [2.75, 3.05) is 52.4 Å². The molecule has 2 unspecified atom stereocenters. The molecule has 0 bridgehead atoms. The summed E-state index contributed by atoms with van der Waals surface area (Å²) in [5.41, 5.74) is 0. The molecule has 0 aromatic heterocycles. The molecule has 2 rings (SSSR count). The Bertz CT molecular complexity index is 327. The monoisotopic (exact) mass is 325 g/mol. The summed E-state index contributed by atoms with van der Waals surface area (Å²) < 4.78 is 5.87. The molecule has 0 aliphatic carbocycles. The highest BCUT2D eigenvalue weighted by Gasteiger charge is 2.24. The summed E-state index contributed by atoms with van der Waals surface area (Å²) in [6, 6.07) is 1.42. The molecular formula is C19H39N3O. The zero-order valence-corrected chi connectivity index (χ0v) is 16.1. The van der Waals surface area contributed by atoms with E-state index in [0.29, 0.717) is 18.1 Å². The third-order valence-electron chi connectivity index (χ3n) is 5.72. The Balaban J connectivity index is 1.62. The zero-order chi connectivity index (χ0) is 16.8. The summed E-state index contributed by atoms with van der Waals surface area (Å²) in [5.74, 6) is 0.633. The number of ether oxygens (including phenoxy) is 1. The van der Waals surface area contributed by atoms with Crippen molar-refractivity contribution in [3.63, 3.8) is 0 Å². The molecule has 2 heterocycles. The molecule has 0 spiro atoms. The fourth-order valence-corrected chi connectivity index (χ4v) is 3.83. The molecule has 0 aromatic carbocycles. The molecule has 4 heteroatoms. The van der Waals surface area contributed by atoms with Gasteiger partial charge in [0.2, 0.25) is 0 Å². The number of rotatable bonds is 7. The first-order valence-corrected chi connectivity index (χ1v) is 9.79. The standard InChI is InChI=1S/C19H39N3O/c1-16(2)19-15-20(13-14-23-19)8-6-7-18(5)22-11-9-21(10-12-22)17(3)4/h16-19H,6-15H2,1-5H3. The lowest BCUT2D eigenvalue weighted by Crippen LogP contribution is -2.51. The summed E-state index contributed by atoms with van der Waals surface area (Å²) in [7, 11) is 0. The molecule has 2 aliphatic heterocycles. The Morgan fingerprint density at radius 1 is 0.913 bits per heavy atom. The van der Waals surface area contributed by atoms with E-state index in [0.717, 1.165) is 25.7 Å². The second kappa shape index (κ2) is 9.36. The van der Waals surface area contributed by atoms with Crippen LogP contribution in [-0.2, 0) is 4.74 Å². The summed E-state index contributed by atoms with van der Waals surface area (Å²) in [5, 5.41) is 0. The average molecular weight is 326 g/mol. The Hall–Kier alpha value is -0.160. The van der Waals surface area contributed by atoms with Gasteiger partial charge in [-0.05, 0) is 46.1 Å². The molecule has 2 saturated heterocycles. The SMILES string of the molecule is CC(C)C1CN(CCCC(C)N2CCN(C(C)C)CC2)CCO1. The van der Waals surface area contributed by atoms with E-state index in [1.165, 1.54) is 45.6 Å². The van der Waals surface area contributed by atoms with E-state index in [1.807, 2.05) is 0 Å². The van der Waals surface area contributed by atoms with E-state index in [-0.39, 0.29) is 0 Å². The molecule has 2 aliphatic rings. The highest BCUT2D eigenvalue weighted by atomic mass is 16.5. The predicted octanol–water partition coefficient (Wildman–Crippen LogP) is 2.54. The summed E-state index contributed by atoms with van der Waals surface area (Å²) >= 11 is 0. The Labute approximate surface area is 144 Å². The lowest BCUT2D eigenvalue weighted by atomic mass is 10.0. The van der Waals surface area contributed by atoms with Crippen molar-refractivity contribution in [1.29, 1.82) is 0 Å². The minimum absolute atomic E-state index is 0.435. The third-order valence-corrected chi connectivity index (χ3v) is 5.72. The van der Waals surface area contributed by atoms with Crippen LogP contribution in [0, 0.1) is 5.92 Å². The largest absolute Gasteiger partial charge is 0.375 e. The second-order valence-electron chi connectivity index (χ2n) is 8.11. The molecule has 2 atom stereocenters. The van der Waals surface area contributed by atoms with Crippen molar-refractivity contribution in [2.24, 2.45) is 5.92 Å². The summed E-state index contributed by atoms with van der Waals surface area (Å²) in [6.07, 6.45) is 3.08. The number of nitrogens with zero attached hydrogens (tertiary/aromatic N) is 3. The van der Waals surface area contributed by atoms with Crippen LogP contribution >= 0.6 is 0 Å². The number of piperazine rings is 1. The van der Waals surface area contributed by atoms with Crippen LogP contribution in [0.1, 0.15) is 47.5 Å². The fourth-order valence-electron chi connectivity index (χ4n) is 3.83. The summed E-state index contributed by atoms with van der Waals surface area (Å²) in [4.78, 5) is 7.90.